The van der Waals surface area contributed by atoms with Crippen LogP contribution >= 0.6 is 23.2 Å². The lowest BCUT2D eigenvalue weighted by molar-refractivity contribution is 0.0695. The third-order valence-electron chi connectivity index (χ3n) is 7.32. The summed E-state index contributed by atoms with van der Waals surface area (Å²) < 4.78 is 7.58. The molecule has 3 aromatic heterocycles. The fourth-order valence-electron chi connectivity index (χ4n) is 5.25. The first-order chi connectivity index (χ1) is 19.3. The van der Waals surface area contributed by atoms with Crippen molar-refractivity contribution < 1.29 is 19.7 Å². The molecule has 12 heteroatoms. The van der Waals surface area contributed by atoms with Gasteiger partial charge in [0.15, 0.2) is 0 Å². The van der Waals surface area contributed by atoms with Gasteiger partial charge in [-0.25, -0.2) is 14.8 Å². The number of aliphatic hydroxyl groups excluding tert-OH is 1. The van der Waals surface area contributed by atoms with Gasteiger partial charge in [-0.15, -0.1) is 0 Å². The number of fused-ring (bicyclic) bond motifs is 1. The fraction of sp³-hybridized carbons (Fsp3) is 0.286. The molecule has 0 amide bonds. The number of nitrogens with zero attached hydrogens (tertiary/aromatic N) is 5. The first-order valence-electron chi connectivity index (χ1n) is 12.8. The quantitative estimate of drug-likeness (QED) is 0.333. The number of carbonyl (C=O) groups is 1. The smallest absolute Gasteiger partial charge is 0.341 e. The number of aromatic nitrogens is 3. The van der Waals surface area contributed by atoms with Gasteiger partial charge < -0.3 is 29.3 Å². The number of benzene rings is 1. The Kier molecular flexibility index (Phi) is 6.99. The van der Waals surface area contributed by atoms with Gasteiger partial charge in [-0.05, 0) is 49.2 Å². The third kappa shape index (κ3) is 4.83. The van der Waals surface area contributed by atoms with Crippen molar-refractivity contribution in [2.75, 3.05) is 36.0 Å². The van der Waals surface area contributed by atoms with Crippen molar-refractivity contribution >= 4 is 51.6 Å². The van der Waals surface area contributed by atoms with E-state index in [2.05, 4.69) is 14.9 Å². The molecular weight excluding hydrogens is 557 g/mol. The Morgan fingerprint density at radius 3 is 2.65 bits per heavy atom. The zero-order valence-electron chi connectivity index (χ0n) is 21.2. The predicted molar refractivity (Wildman–Crippen MR) is 153 cm³/mol. The number of hydrogen-bond acceptors (Lipinski definition) is 8. The molecule has 1 aromatic carbocycles. The average Bonchev–Trinajstić information content (AvgIpc) is 3.39. The molecule has 2 saturated heterocycles. The maximum atomic E-state index is 13.2. The summed E-state index contributed by atoms with van der Waals surface area (Å²) in [6.07, 6.45) is 5.97. The molecule has 1 atom stereocenters. The Hall–Kier alpha value is -3.86. The standard InChI is InChI=1S/C28H25Cl2N5O5/c29-21-4-1-7-31-27(21)40-15-17-3-2-8-34(17)24-10-23-19(9-22(24)30)26(37)20(28(38)39)14-35(23)16-5-6-25(32-11-16)33-12-18(36)13-33/h1,4-7,9-11,14,17-18,36H,2-3,8,12-13,15H2,(H,38,39)/t17-/m1/s1. The van der Waals surface area contributed by atoms with Crippen LogP contribution in [0, 0.1) is 0 Å². The molecule has 2 fully saturated rings. The summed E-state index contributed by atoms with van der Waals surface area (Å²) in [6.45, 7) is 2.08. The summed E-state index contributed by atoms with van der Waals surface area (Å²) in [6, 6.07) is 10.4. The lowest BCUT2D eigenvalue weighted by Gasteiger charge is -2.36. The molecule has 5 heterocycles. The van der Waals surface area contributed by atoms with Crippen LogP contribution in [-0.2, 0) is 0 Å². The lowest BCUT2D eigenvalue weighted by Crippen LogP contribution is -2.51. The summed E-state index contributed by atoms with van der Waals surface area (Å²) >= 11 is 12.9. The Balaban J connectivity index is 1.39. The van der Waals surface area contributed by atoms with E-state index in [4.69, 9.17) is 27.9 Å². The zero-order valence-corrected chi connectivity index (χ0v) is 22.7. The average molecular weight is 582 g/mol. The maximum Gasteiger partial charge on any atom is 0.341 e. The number of pyridine rings is 3. The van der Waals surface area contributed by atoms with Gasteiger partial charge in [0, 0.05) is 37.4 Å². The Morgan fingerprint density at radius 1 is 1.12 bits per heavy atom. The van der Waals surface area contributed by atoms with Crippen LogP contribution in [0.5, 0.6) is 5.88 Å². The number of rotatable bonds is 7. The normalized spacial score (nSPS) is 17.3. The second kappa shape index (κ2) is 10.6. The highest BCUT2D eigenvalue weighted by atomic mass is 35.5. The van der Waals surface area contributed by atoms with E-state index < -0.39 is 11.4 Å². The number of carboxylic acid groups (broad SMARTS) is 1. The molecule has 2 aliphatic heterocycles. The van der Waals surface area contributed by atoms with Crippen molar-refractivity contribution in [3.8, 4) is 11.6 Å². The number of hydrogen-bond donors (Lipinski definition) is 2. The van der Waals surface area contributed by atoms with Gasteiger partial charge >= 0.3 is 5.97 Å². The predicted octanol–water partition coefficient (Wildman–Crippen LogP) is 4.01. The molecule has 10 nitrogen and oxygen atoms in total. The topological polar surface area (TPSA) is 121 Å². The van der Waals surface area contributed by atoms with Crippen LogP contribution in [0.25, 0.3) is 16.6 Å². The molecule has 4 aromatic rings. The van der Waals surface area contributed by atoms with E-state index in [9.17, 15) is 19.8 Å². The molecular formula is C28H25Cl2N5O5. The minimum absolute atomic E-state index is 0.0145. The maximum absolute atomic E-state index is 13.2. The highest BCUT2D eigenvalue weighted by Crippen LogP contribution is 2.36. The van der Waals surface area contributed by atoms with Gasteiger partial charge in [0.2, 0.25) is 11.3 Å². The monoisotopic (exact) mass is 581 g/mol. The van der Waals surface area contributed by atoms with Gasteiger partial charge in [-0.1, -0.05) is 23.2 Å². The van der Waals surface area contributed by atoms with Crippen molar-refractivity contribution in [1.82, 2.24) is 14.5 Å². The van der Waals surface area contributed by atoms with E-state index in [1.165, 1.54) is 12.3 Å². The summed E-state index contributed by atoms with van der Waals surface area (Å²) in [5.74, 6) is -0.265. The summed E-state index contributed by atoms with van der Waals surface area (Å²) in [5, 5.41) is 20.3. The molecule has 0 saturated carbocycles. The number of β-amino-alcohol motifs (C(OH)–C–C–N with tert-alkyl or cyclic N) is 1. The van der Waals surface area contributed by atoms with Crippen molar-refractivity contribution in [3.05, 3.63) is 80.8 Å². The second-order valence-electron chi connectivity index (χ2n) is 9.89. The third-order valence-corrected chi connectivity index (χ3v) is 7.91. The number of ether oxygens (including phenoxy) is 1. The Labute approximate surface area is 239 Å². The largest absolute Gasteiger partial charge is 0.477 e. The number of aromatic carboxylic acids is 1. The molecule has 206 valence electrons. The van der Waals surface area contributed by atoms with Crippen molar-refractivity contribution in [1.29, 1.82) is 0 Å². The van der Waals surface area contributed by atoms with E-state index in [0.717, 1.165) is 19.4 Å². The van der Waals surface area contributed by atoms with Crippen molar-refractivity contribution in [2.24, 2.45) is 0 Å². The van der Waals surface area contributed by atoms with E-state index in [-0.39, 0.29) is 23.1 Å². The van der Waals surface area contributed by atoms with Crippen LogP contribution in [0.4, 0.5) is 11.5 Å². The summed E-state index contributed by atoms with van der Waals surface area (Å²) in [4.78, 5) is 37.9. The number of halogens is 2. The fourth-order valence-corrected chi connectivity index (χ4v) is 5.70. The van der Waals surface area contributed by atoms with Gasteiger partial charge in [-0.3, -0.25) is 4.79 Å². The van der Waals surface area contributed by atoms with Gasteiger partial charge in [0.25, 0.3) is 0 Å². The molecule has 2 N–H and O–H groups in total. The SMILES string of the molecule is O=C(O)c1cn(-c2ccc(N3CC(O)C3)nc2)c2cc(N3CCC[C@@H]3COc3ncccc3Cl)c(Cl)cc2c1=O. The summed E-state index contributed by atoms with van der Waals surface area (Å²) in [5.41, 5.74) is 0.811. The van der Waals surface area contributed by atoms with E-state index >= 15 is 0 Å². The van der Waals surface area contributed by atoms with Crippen LogP contribution in [0.3, 0.4) is 0 Å². The first-order valence-corrected chi connectivity index (χ1v) is 13.6. The van der Waals surface area contributed by atoms with Crippen LogP contribution < -0.4 is 20.0 Å². The molecule has 0 spiro atoms. The molecule has 0 aliphatic carbocycles. The highest BCUT2D eigenvalue weighted by Gasteiger charge is 2.29. The lowest BCUT2D eigenvalue weighted by atomic mass is 10.1. The van der Waals surface area contributed by atoms with Crippen molar-refractivity contribution in [3.63, 3.8) is 0 Å². The molecule has 0 bridgehead atoms. The Morgan fingerprint density at radius 2 is 1.95 bits per heavy atom. The second-order valence-corrected chi connectivity index (χ2v) is 10.7. The van der Waals surface area contributed by atoms with Gasteiger partial charge in [0.1, 0.15) is 23.0 Å². The minimum atomic E-state index is -1.33. The van der Waals surface area contributed by atoms with Gasteiger partial charge in [0.05, 0.1) is 40.3 Å². The molecule has 6 rings (SSSR count). The van der Waals surface area contributed by atoms with E-state index in [1.54, 1.807) is 41.2 Å². The first kappa shape index (κ1) is 26.4. The van der Waals surface area contributed by atoms with Crippen LogP contribution in [0.15, 0.2) is 59.8 Å². The van der Waals surface area contributed by atoms with Crippen molar-refractivity contribution in [2.45, 2.75) is 25.0 Å². The summed E-state index contributed by atoms with van der Waals surface area (Å²) in [7, 11) is 0. The van der Waals surface area contributed by atoms with E-state index in [0.29, 0.717) is 58.3 Å². The van der Waals surface area contributed by atoms with Crippen LogP contribution in [0.2, 0.25) is 10.0 Å². The molecule has 40 heavy (non-hydrogen) atoms. The van der Waals surface area contributed by atoms with E-state index in [1.807, 2.05) is 11.0 Å². The molecule has 0 unspecified atom stereocenters. The van der Waals surface area contributed by atoms with Crippen LogP contribution in [0.1, 0.15) is 23.2 Å². The molecule has 0 radical (unpaired) electrons. The molecule has 2 aliphatic rings. The number of aliphatic hydroxyl groups is 1. The highest BCUT2D eigenvalue weighted by molar-refractivity contribution is 6.34. The van der Waals surface area contributed by atoms with Gasteiger partial charge in [-0.2, -0.15) is 0 Å². The zero-order chi connectivity index (χ0) is 28.0. The van der Waals surface area contributed by atoms with Crippen LogP contribution in [-0.4, -0.2) is 69.1 Å². The minimum Gasteiger partial charge on any atom is -0.477 e. The number of carboxylic acids is 1. The Bertz CT molecular complexity index is 1660. The number of anilines is 2.